The van der Waals surface area contributed by atoms with Crippen LogP contribution in [-0.4, -0.2) is 35.6 Å². The third kappa shape index (κ3) is 5.77. The fourth-order valence-corrected chi connectivity index (χ4v) is 4.00. The van der Waals surface area contributed by atoms with Crippen LogP contribution in [0.1, 0.15) is 27.2 Å². The maximum atomic E-state index is 12.9. The number of aryl methyl sites for hydroxylation is 1. The van der Waals surface area contributed by atoms with Crippen LogP contribution < -0.4 is 21.3 Å². The van der Waals surface area contributed by atoms with Gasteiger partial charge < -0.3 is 26.7 Å². The Morgan fingerprint density at radius 3 is 2.65 bits per heavy atom. The number of amides is 1. The Hall–Kier alpha value is -4.68. The number of anilines is 3. The van der Waals surface area contributed by atoms with Crippen LogP contribution in [0.4, 0.5) is 17.1 Å². The van der Waals surface area contributed by atoms with E-state index >= 15 is 0 Å². The number of nitrogens with zero attached hydrogens (tertiary/aromatic N) is 2. The molecule has 186 valence electrons. The van der Waals surface area contributed by atoms with Gasteiger partial charge in [0.1, 0.15) is 5.69 Å². The quantitative estimate of drug-likeness (QED) is 0.123. The minimum absolute atomic E-state index is 0.227. The molecule has 0 radical (unpaired) electrons. The number of aromatic nitrogens is 2. The van der Waals surface area contributed by atoms with Gasteiger partial charge in [-0.25, -0.2) is 4.98 Å². The molecular formula is C28H27N7OS. The van der Waals surface area contributed by atoms with Crippen LogP contribution in [0.3, 0.4) is 0 Å². The lowest BCUT2D eigenvalue weighted by Crippen LogP contribution is -2.12. The lowest BCUT2D eigenvalue weighted by Gasteiger charge is -2.10. The number of hydrogen-bond donors (Lipinski definition) is 6. The summed E-state index contributed by atoms with van der Waals surface area (Å²) >= 11 is 4.45. The number of nitrogens with one attached hydrogen (secondary N) is 5. The smallest absolute Gasteiger partial charge is 0.255 e. The van der Waals surface area contributed by atoms with Gasteiger partial charge in [0.05, 0.1) is 17.6 Å². The summed E-state index contributed by atoms with van der Waals surface area (Å²) in [5.74, 6) is 6.15. The lowest BCUT2D eigenvalue weighted by molar-refractivity contribution is 0.102. The van der Waals surface area contributed by atoms with E-state index in [-0.39, 0.29) is 5.91 Å². The minimum atomic E-state index is -0.227. The molecule has 9 heteroatoms. The Morgan fingerprint density at radius 1 is 1.08 bits per heavy atom. The summed E-state index contributed by atoms with van der Waals surface area (Å²) < 4.78 is 1.88. The van der Waals surface area contributed by atoms with E-state index in [1.807, 2.05) is 54.9 Å². The van der Waals surface area contributed by atoms with E-state index in [4.69, 9.17) is 5.41 Å². The van der Waals surface area contributed by atoms with Crippen molar-refractivity contribution in [1.82, 2.24) is 14.7 Å². The maximum Gasteiger partial charge on any atom is 0.255 e. The molecule has 2 heterocycles. The summed E-state index contributed by atoms with van der Waals surface area (Å²) in [5, 5.41) is 19.6. The first-order valence-electron chi connectivity index (χ1n) is 11.5. The van der Waals surface area contributed by atoms with Gasteiger partial charge in [0.25, 0.3) is 5.91 Å². The summed E-state index contributed by atoms with van der Waals surface area (Å²) in [6.07, 6.45) is 6.51. The van der Waals surface area contributed by atoms with Crippen LogP contribution in [0.5, 0.6) is 0 Å². The van der Waals surface area contributed by atoms with Gasteiger partial charge in [-0.05, 0) is 60.9 Å². The average molecular weight is 510 g/mol. The number of carbonyl (C=O) groups is 1. The number of pyridine rings is 1. The molecule has 0 fully saturated rings. The number of hydrogen-bond acceptors (Lipinski definition) is 7. The zero-order valence-corrected chi connectivity index (χ0v) is 21.6. The number of carbonyl (C=O) groups excluding carboxylic acids is 1. The van der Waals surface area contributed by atoms with Crippen LogP contribution in [0.15, 0.2) is 77.7 Å². The van der Waals surface area contributed by atoms with E-state index in [1.165, 1.54) is 6.21 Å². The first-order chi connectivity index (χ1) is 17.9. The van der Waals surface area contributed by atoms with Gasteiger partial charge in [-0.1, -0.05) is 12.0 Å². The summed E-state index contributed by atoms with van der Waals surface area (Å²) in [6.45, 7) is 1.96. The van der Waals surface area contributed by atoms with Crippen LogP contribution in [0.2, 0.25) is 0 Å². The first-order valence-corrected chi connectivity index (χ1v) is 11.9. The van der Waals surface area contributed by atoms with Gasteiger partial charge in [-0.15, -0.1) is 12.6 Å². The molecular weight excluding hydrogens is 482 g/mol. The fraction of sp³-hybridized carbons (Fsp3) is 0.107. The molecule has 0 saturated heterocycles. The molecule has 0 spiro atoms. The van der Waals surface area contributed by atoms with Gasteiger partial charge in [0.2, 0.25) is 0 Å². The number of allylic oxidation sites excluding steroid dienone is 1. The number of rotatable bonds is 7. The van der Waals surface area contributed by atoms with Gasteiger partial charge in [0.15, 0.2) is 5.65 Å². The predicted octanol–water partition coefficient (Wildman–Crippen LogP) is 4.75. The monoisotopic (exact) mass is 509 g/mol. The van der Waals surface area contributed by atoms with Crippen molar-refractivity contribution in [3.05, 3.63) is 95.2 Å². The van der Waals surface area contributed by atoms with Crippen molar-refractivity contribution >= 4 is 47.5 Å². The second kappa shape index (κ2) is 11.4. The molecule has 2 aromatic carbocycles. The highest BCUT2D eigenvalue weighted by Crippen LogP contribution is 2.24. The van der Waals surface area contributed by atoms with Crippen molar-refractivity contribution in [2.75, 3.05) is 30.0 Å². The van der Waals surface area contributed by atoms with Crippen molar-refractivity contribution in [3.8, 4) is 11.8 Å². The predicted molar refractivity (Wildman–Crippen MR) is 153 cm³/mol. The summed E-state index contributed by atoms with van der Waals surface area (Å²) in [5.41, 5.74) is 6.50. The van der Waals surface area contributed by atoms with Gasteiger partial charge in [-0.3, -0.25) is 9.20 Å². The number of fused-ring (bicyclic) bond motifs is 1. The van der Waals surface area contributed by atoms with Crippen LogP contribution in [0.25, 0.3) is 5.65 Å². The number of imidazole rings is 1. The third-order valence-corrected chi connectivity index (χ3v) is 5.99. The van der Waals surface area contributed by atoms with Gasteiger partial charge in [-0.2, -0.15) is 0 Å². The molecule has 1 amide bonds. The molecule has 5 N–H and O–H groups in total. The normalized spacial score (nSPS) is 10.9. The summed E-state index contributed by atoms with van der Waals surface area (Å²) in [4.78, 5) is 18.2. The third-order valence-electron chi connectivity index (χ3n) is 5.62. The largest absolute Gasteiger partial charge is 0.392 e. The Labute approximate surface area is 221 Å². The zero-order valence-electron chi connectivity index (χ0n) is 20.7. The van der Waals surface area contributed by atoms with Crippen molar-refractivity contribution < 1.29 is 4.79 Å². The second-order valence-corrected chi connectivity index (χ2v) is 8.61. The Bertz CT molecular complexity index is 1580. The topological polar surface area (TPSA) is 106 Å². The second-order valence-electron chi connectivity index (χ2n) is 8.13. The van der Waals surface area contributed by atoms with Crippen molar-refractivity contribution in [1.29, 1.82) is 5.41 Å². The number of thiol groups is 1. The van der Waals surface area contributed by atoms with E-state index in [9.17, 15) is 4.79 Å². The van der Waals surface area contributed by atoms with Crippen molar-refractivity contribution in [2.45, 2.75) is 11.8 Å². The fourth-order valence-electron chi connectivity index (χ4n) is 3.68. The Balaban J connectivity index is 1.59. The molecule has 2 aromatic heterocycles. The molecule has 8 nitrogen and oxygen atoms in total. The van der Waals surface area contributed by atoms with Gasteiger partial charge in [0, 0.05) is 60.1 Å². The van der Waals surface area contributed by atoms with Crippen molar-refractivity contribution in [3.63, 3.8) is 0 Å². The minimum Gasteiger partial charge on any atom is -0.392 e. The molecule has 0 aliphatic heterocycles. The van der Waals surface area contributed by atoms with Crippen LogP contribution in [0, 0.1) is 24.2 Å². The lowest BCUT2D eigenvalue weighted by atomic mass is 10.0. The van der Waals surface area contributed by atoms with Crippen LogP contribution in [-0.2, 0) is 0 Å². The SMILES string of the molecule is CN/C=C(\C=N)Nc1cccn2c(C#Cc3cc(C(=O)Nc4ccc(NC)c(S)c4)ccc3C)cnc12. The maximum absolute atomic E-state index is 12.9. The molecule has 0 unspecified atom stereocenters. The Morgan fingerprint density at radius 2 is 1.92 bits per heavy atom. The first kappa shape index (κ1) is 25.4. The Kier molecular flexibility index (Phi) is 7.81. The highest BCUT2D eigenvalue weighted by molar-refractivity contribution is 7.80. The molecule has 0 aliphatic carbocycles. The highest BCUT2D eigenvalue weighted by Gasteiger charge is 2.10. The molecule has 0 bridgehead atoms. The van der Waals surface area contributed by atoms with E-state index in [2.05, 4.69) is 50.7 Å². The number of benzene rings is 2. The van der Waals surface area contributed by atoms with Crippen molar-refractivity contribution in [2.24, 2.45) is 0 Å². The van der Waals surface area contributed by atoms with E-state index < -0.39 is 0 Å². The standard InChI is InChI=1S/C28H27N7OS/c1-18-6-7-20(28(36)34-21-9-11-24(31-3)26(37)14-21)13-19(18)8-10-23-17-32-27-25(5-4-12-35(23)27)33-22(15-29)16-30-2/h4-7,9,11-17,29-31,33,37H,1-3H3,(H,34,36)/b22-16+,29-15?. The van der Waals surface area contributed by atoms with E-state index in [0.717, 1.165) is 27.4 Å². The summed E-state index contributed by atoms with van der Waals surface area (Å²) in [7, 11) is 3.59. The molecule has 0 atom stereocenters. The highest BCUT2D eigenvalue weighted by atomic mass is 32.1. The zero-order chi connectivity index (χ0) is 26.4. The van der Waals surface area contributed by atoms with E-state index in [0.29, 0.717) is 28.3 Å². The summed E-state index contributed by atoms with van der Waals surface area (Å²) in [6, 6.07) is 14.7. The van der Waals surface area contributed by atoms with E-state index in [1.54, 1.807) is 37.6 Å². The molecule has 4 aromatic rings. The molecule has 37 heavy (non-hydrogen) atoms. The average Bonchev–Trinajstić information content (AvgIpc) is 3.32. The molecule has 0 saturated carbocycles. The van der Waals surface area contributed by atoms with Crippen LogP contribution >= 0.6 is 12.6 Å². The molecule has 0 aliphatic rings. The molecule has 4 rings (SSSR count). The van der Waals surface area contributed by atoms with Gasteiger partial charge >= 0.3 is 0 Å².